The second kappa shape index (κ2) is 5.42. The molecule has 0 saturated heterocycles. The van der Waals surface area contributed by atoms with Crippen LogP contribution in [0, 0.1) is 10.1 Å². The molecule has 0 unspecified atom stereocenters. The summed E-state index contributed by atoms with van der Waals surface area (Å²) in [6.07, 6.45) is 1.03. The van der Waals surface area contributed by atoms with Crippen molar-refractivity contribution in [3.8, 4) is 0 Å². The van der Waals surface area contributed by atoms with Gasteiger partial charge in [-0.3, -0.25) is 0 Å². The molecule has 0 aliphatic heterocycles. The Hall–Kier alpha value is -1.52. The van der Waals surface area contributed by atoms with Crippen LogP contribution in [0.5, 0.6) is 0 Å². The molecule has 0 spiro atoms. The lowest BCUT2D eigenvalue weighted by atomic mass is 10.5. The van der Waals surface area contributed by atoms with E-state index in [0.717, 1.165) is 10.9 Å². The van der Waals surface area contributed by atoms with E-state index in [1.54, 1.807) is 0 Å². The Morgan fingerprint density at radius 1 is 1.61 bits per heavy atom. The zero-order valence-electron chi connectivity index (χ0n) is 9.94. The zero-order chi connectivity index (χ0) is 13.9. The first kappa shape index (κ1) is 14.5. The first-order valence-corrected chi connectivity index (χ1v) is 6.62. The van der Waals surface area contributed by atoms with Gasteiger partial charge in [0.05, 0.1) is 30.6 Å². The number of hydrogen-bond acceptors (Lipinski definition) is 6. The molecule has 9 nitrogen and oxygen atoms in total. The summed E-state index contributed by atoms with van der Waals surface area (Å²) >= 11 is 0. The molecular formula is C8H14N4O5S. The minimum Gasteiger partial charge on any atom is -0.377 e. The van der Waals surface area contributed by atoms with Crippen LogP contribution in [-0.2, 0) is 21.3 Å². The summed E-state index contributed by atoms with van der Waals surface area (Å²) in [6.45, 7) is 4.14. The van der Waals surface area contributed by atoms with Gasteiger partial charge >= 0.3 is 5.82 Å². The van der Waals surface area contributed by atoms with E-state index in [9.17, 15) is 18.5 Å². The molecule has 10 heteroatoms. The molecule has 2 N–H and O–H groups in total. The molecule has 1 rings (SSSR count). The van der Waals surface area contributed by atoms with Crippen molar-refractivity contribution in [3.63, 3.8) is 0 Å². The van der Waals surface area contributed by atoms with Gasteiger partial charge in [-0.15, -0.1) is 0 Å². The number of ether oxygens (including phenoxy) is 1. The van der Waals surface area contributed by atoms with E-state index in [1.165, 1.54) is 0 Å². The van der Waals surface area contributed by atoms with Crippen LogP contribution in [0.4, 0.5) is 5.82 Å². The number of nitrogens with two attached hydrogens (primary N) is 1. The minimum absolute atomic E-state index is 0.00765. The van der Waals surface area contributed by atoms with Crippen molar-refractivity contribution in [2.75, 3.05) is 6.61 Å². The van der Waals surface area contributed by atoms with Gasteiger partial charge in [-0.2, -0.15) is 4.68 Å². The highest BCUT2D eigenvalue weighted by atomic mass is 32.2. The summed E-state index contributed by atoms with van der Waals surface area (Å²) in [5.74, 6) is -0.776. The van der Waals surface area contributed by atoms with Crippen molar-refractivity contribution >= 4 is 15.8 Å². The van der Waals surface area contributed by atoms with Gasteiger partial charge in [0.2, 0.25) is 14.9 Å². The average Bonchev–Trinajstić information content (AvgIpc) is 2.60. The zero-order valence-corrected chi connectivity index (χ0v) is 10.8. The van der Waals surface area contributed by atoms with Crippen molar-refractivity contribution < 1.29 is 18.1 Å². The Morgan fingerprint density at radius 2 is 2.22 bits per heavy atom. The van der Waals surface area contributed by atoms with Crippen LogP contribution in [0.2, 0.25) is 0 Å². The highest BCUT2D eigenvalue weighted by molar-refractivity contribution is 7.89. The molecule has 0 atom stereocenters. The Balaban J connectivity index is 2.93. The molecule has 0 saturated carbocycles. The van der Waals surface area contributed by atoms with E-state index in [2.05, 4.69) is 5.10 Å². The molecule has 0 aromatic carbocycles. The third kappa shape index (κ3) is 3.75. The fraction of sp³-hybridized carbons (Fsp3) is 0.625. The highest BCUT2D eigenvalue weighted by Crippen LogP contribution is 2.19. The van der Waals surface area contributed by atoms with Crippen LogP contribution in [0.15, 0.2) is 11.1 Å². The number of aromatic nitrogens is 2. The monoisotopic (exact) mass is 278 g/mol. The van der Waals surface area contributed by atoms with E-state index < -0.39 is 25.7 Å². The molecule has 18 heavy (non-hydrogen) atoms. The quantitative estimate of drug-likeness (QED) is 0.569. The SMILES string of the molecule is CC(C)OCCn1cc(S(N)(=O)=O)c([N+](=O)[O-])n1. The highest BCUT2D eigenvalue weighted by Gasteiger charge is 2.28. The van der Waals surface area contributed by atoms with E-state index >= 15 is 0 Å². The Labute approximate surface area is 104 Å². The molecule has 102 valence electrons. The van der Waals surface area contributed by atoms with Crippen molar-refractivity contribution in [3.05, 3.63) is 16.3 Å². The number of hydrogen-bond donors (Lipinski definition) is 1. The first-order chi connectivity index (χ1) is 8.21. The molecule has 0 aliphatic rings. The topological polar surface area (TPSA) is 130 Å². The van der Waals surface area contributed by atoms with Crippen molar-refractivity contribution in [1.29, 1.82) is 0 Å². The second-order valence-corrected chi connectivity index (χ2v) is 5.33. The smallest absolute Gasteiger partial charge is 0.377 e. The van der Waals surface area contributed by atoms with Gasteiger partial charge in [-0.05, 0) is 18.8 Å². The molecular weight excluding hydrogens is 264 g/mol. The van der Waals surface area contributed by atoms with E-state index in [4.69, 9.17) is 9.88 Å². The predicted molar refractivity (Wildman–Crippen MR) is 61.3 cm³/mol. The van der Waals surface area contributed by atoms with Gasteiger partial charge in [-0.25, -0.2) is 13.6 Å². The van der Waals surface area contributed by atoms with Gasteiger partial charge < -0.3 is 14.9 Å². The number of sulfonamides is 1. The van der Waals surface area contributed by atoms with Crippen molar-refractivity contribution in [2.24, 2.45) is 5.14 Å². The van der Waals surface area contributed by atoms with E-state index in [-0.39, 0.29) is 19.3 Å². The number of rotatable bonds is 6. The lowest BCUT2D eigenvalue weighted by Gasteiger charge is -2.04. The fourth-order valence-corrected chi connectivity index (χ4v) is 1.86. The predicted octanol–water partition coefficient (Wildman–Crippen LogP) is -0.136. The standard InChI is InChI=1S/C8H14N4O5S/c1-6(2)17-4-3-11-5-7(18(9,15)16)8(10-11)12(13)14/h5-6H,3-4H2,1-2H3,(H2,9,15,16). The lowest BCUT2D eigenvalue weighted by Crippen LogP contribution is -2.13. The molecule has 1 aromatic heterocycles. The Kier molecular flexibility index (Phi) is 4.38. The summed E-state index contributed by atoms with van der Waals surface area (Å²) < 4.78 is 28.6. The van der Waals surface area contributed by atoms with Crippen LogP contribution in [0.3, 0.4) is 0 Å². The number of nitrogens with zero attached hydrogens (tertiary/aromatic N) is 3. The molecule has 0 bridgehead atoms. The van der Waals surface area contributed by atoms with Gasteiger partial charge in [0.25, 0.3) is 0 Å². The van der Waals surface area contributed by atoms with Gasteiger partial charge in [0, 0.05) is 0 Å². The normalized spacial score (nSPS) is 12.0. The minimum atomic E-state index is -4.16. The van der Waals surface area contributed by atoms with Crippen LogP contribution in [0.25, 0.3) is 0 Å². The van der Waals surface area contributed by atoms with E-state index in [1.807, 2.05) is 13.8 Å². The summed E-state index contributed by atoms with van der Waals surface area (Å²) in [6, 6.07) is 0. The lowest BCUT2D eigenvalue weighted by molar-refractivity contribution is -0.392. The number of nitro groups is 1. The average molecular weight is 278 g/mol. The van der Waals surface area contributed by atoms with Crippen LogP contribution < -0.4 is 5.14 Å². The maximum absolute atomic E-state index is 11.1. The Morgan fingerprint density at radius 3 is 2.61 bits per heavy atom. The molecule has 0 amide bonds. The molecule has 0 fully saturated rings. The number of primary sulfonamides is 1. The van der Waals surface area contributed by atoms with Gasteiger partial charge in [-0.1, -0.05) is 0 Å². The first-order valence-electron chi connectivity index (χ1n) is 5.08. The summed E-state index contributed by atoms with van der Waals surface area (Å²) in [4.78, 5) is 9.15. The summed E-state index contributed by atoms with van der Waals surface area (Å²) in [5.41, 5.74) is 0. The van der Waals surface area contributed by atoms with Crippen molar-refractivity contribution in [2.45, 2.75) is 31.4 Å². The van der Waals surface area contributed by atoms with Crippen LogP contribution in [-0.4, -0.2) is 35.8 Å². The maximum Gasteiger partial charge on any atom is 0.410 e. The Bertz CT molecular complexity index is 536. The molecule has 0 aliphatic carbocycles. The second-order valence-electron chi connectivity index (χ2n) is 3.80. The fourth-order valence-electron chi connectivity index (χ4n) is 1.22. The van der Waals surface area contributed by atoms with E-state index in [0.29, 0.717) is 0 Å². The summed E-state index contributed by atoms with van der Waals surface area (Å²) in [7, 11) is -4.16. The van der Waals surface area contributed by atoms with Crippen LogP contribution >= 0.6 is 0 Å². The van der Waals surface area contributed by atoms with Gasteiger partial charge in [0.15, 0.2) is 0 Å². The maximum atomic E-state index is 11.1. The molecule has 1 aromatic rings. The van der Waals surface area contributed by atoms with Crippen LogP contribution in [0.1, 0.15) is 13.8 Å². The largest absolute Gasteiger partial charge is 0.410 e. The molecule has 1 heterocycles. The third-order valence-electron chi connectivity index (χ3n) is 1.96. The summed E-state index contributed by atoms with van der Waals surface area (Å²) in [5, 5.41) is 19.1. The van der Waals surface area contributed by atoms with Gasteiger partial charge in [0.1, 0.15) is 0 Å². The van der Waals surface area contributed by atoms with Crippen molar-refractivity contribution in [1.82, 2.24) is 9.78 Å². The molecule has 0 radical (unpaired) electrons. The third-order valence-corrected chi connectivity index (χ3v) is 2.86.